The summed E-state index contributed by atoms with van der Waals surface area (Å²) in [5.41, 5.74) is 1.17. The van der Waals surface area contributed by atoms with Crippen molar-refractivity contribution in [2.75, 3.05) is 44.6 Å². The zero-order chi connectivity index (χ0) is 12.8. The van der Waals surface area contributed by atoms with Gasteiger partial charge in [0.15, 0.2) is 0 Å². The molecular formula is C13H21BrN4. The summed E-state index contributed by atoms with van der Waals surface area (Å²) in [6.07, 6.45) is 3.05. The van der Waals surface area contributed by atoms with Crippen molar-refractivity contribution in [3.63, 3.8) is 0 Å². The number of hydrogen-bond donors (Lipinski definition) is 2. The smallest absolute Gasteiger partial charge is 0.140 e. The van der Waals surface area contributed by atoms with Crippen molar-refractivity contribution >= 4 is 21.7 Å². The topological polar surface area (TPSA) is 40.2 Å². The highest BCUT2D eigenvalue weighted by Gasteiger charge is 2.08. The molecule has 0 bridgehead atoms. The number of aromatic nitrogens is 1. The lowest BCUT2D eigenvalue weighted by atomic mass is 10.3. The standard InChI is InChI=1S/C13H21BrN4/c1-11-9-12(14)13(17-10-11)16-3-2-6-18-7-4-15-5-8-18/h9-10,15H,2-8H2,1H3,(H,16,17). The van der Waals surface area contributed by atoms with Gasteiger partial charge in [-0.25, -0.2) is 4.98 Å². The first-order valence-corrected chi connectivity index (χ1v) is 7.34. The molecule has 1 fully saturated rings. The molecule has 100 valence electrons. The van der Waals surface area contributed by atoms with Gasteiger partial charge >= 0.3 is 0 Å². The van der Waals surface area contributed by atoms with E-state index in [9.17, 15) is 0 Å². The van der Waals surface area contributed by atoms with Crippen LogP contribution >= 0.6 is 15.9 Å². The Labute approximate surface area is 117 Å². The lowest BCUT2D eigenvalue weighted by Gasteiger charge is -2.27. The maximum absolute atomic E-state index is 4.38. The number of rotatable bonds is 5. The van der Waals surface area contributed by atoms with Crippen molar-refractivity contribution in [2.24, 2.45) is 0 Å². The first kappa shape index (κ1) is 13.8. The van der Waals surface area contributed by atoms with Crippen LogP contribution in [0.1, 0.15) is 12.0 Å². The third-order valence-corrected chi connectivity index (χ3v) is 3.74. The van der Waals surface area contributed by atoms with E-state index in [4.69, 9.17) is 0 Å². The number of nitrogens with one attached hydrogen (secondary N) is 2. The molecule has 2 N–H and O–H groups in total. The third kappa shape index (κ3) is 4.23. The van der Waals surface area contributed by atoms with Gasteiger partial charge in [-0.2, -0.15) is 0 Å². The number of aryl methyl sites for hydroxylation is 1. The number of pyridine rings is 1. The molecule has 5 heteroatoms. The van der Waals surface area contributed by atoms with Gasteiger partial charge in [0, 0.05) is 38.9 Å². The Morgan fingerprint density at radius 3 is 2.94 bits per heavy atom. The zero-order valence-corrected chi connectivity index (χ0v) is 12.5. The van der Waals surface area contributed by atoms with Gasteiger partial charge in [-0.05, 0) is 47.4 Å². The quantitative estimate of drug-likeness (QED) is 0.814. The number of halogens is 1. The van der Waals surface area contributed by atoms with Gasteiger partial charge < -0.3 is 15.5 Å². The molecule has 0 spiro atoms. The molecule has 0 atom stereocenters. The van der Waals surface area contributed by atoms with Crippen LogP contribution in [0.2, 0.25) is 0 Å². The first-order chi connectivity index (χ1) is 8.75. The van der Waals surface area contributed by atoms with Crippen LogP contribution < -0.4 is 10.6 Å². The van der Waals surface area contributed by atoms with Crippen molar-refractivity contribution in [2.45, 2.75) is 13.3 Å². The average Bonchev–Trinajstić information content (AvgIpc) is 2.38. The van der Waals surface area contributed by atoms with Gasteiger partial charge in [0.05, 0.1) is 4.47 Å². The molecule has 0 amide bonds. The molecule has 0 radical (unpaired) electrons. The Balaban J connectivity index is 1.68. The monoisotopic (exact) mass is 312 g/mol. The Bertz CT molecular complexity index is 377. The summed E-state index contributed by atoms with van der Waals surface area (Å²) in [6.45, 7) is 8.78. The predicted octanol–water partition coefficient (Wildman–Crippen LogP) is 1.86. The highest BCUT2D eigenvalue weighted by molar-refractivity contribution is 9.10. The van der Waals surface area contributed by atoms with Gasteiger partial charge in [-0.3, -0.25) is 0 Å². The molecule has 1 aromatic heterocycles. The number of anilines is 1. The van der Waals surface area contributed by atoms with Crippen LogP contribution in [0.25, 0.3) is 0 Å². The van der Waals surface area contributed by atoms with E-state index < -0.39 is 0 Å². The van der Waals surface area contributed by atoms with Crippen LogP contribution in [0.3, 0.4) is 0 Å². The van der Waals surface area contributed by atoms with Gasteiger partial charge in [0.25, 0.3) is 0 Å². The summed E-state index contributed by atoms with van der Waals surface area (Å²) >= 11 is 3.53. The number of piperazine rings is 1. The fourth-order valence-electron chi connectivity index (χ4n) is 2.11. The Morgan fingerprint density at radius 2 is 2.22 bits per heavy atom. The fraction of sp³-hybridized carbons (Fsp3) is 0.615. The summed E-state index contributed by atoms with van der Waals surface area (Å²) in [6, 6.07) is 2.09. The van der Waals surface area contributed by atoms with E-state index in [1.807, 2.05) is 13.1 Å². The maximum atomic E-state index is 4.38. The summed E-state index contributed by atoms with van der Waals surface area (Å²) in [7, 11) is 0. The molecule has 1 aliphatic rings. The lowest BCUT2D eigenvalue weighted by molar-refractivity contribution is 0.240. The van der Waals surface area contributed by atoms with Crippen molar-refractivity contribution in [1.29, 1.82) is 0 Å². The Kier molecular flexibility index (Phi) is 5.41. The molecule has 2 heterocycles. The van der Waals surface area contributed by atoms with Gasteiger partial charge in [0.1, 0.15) is 5.82 Å². The Hall–Kier alpha value is -0.650. The van der Waals surface area contributed by atoms with E-state index in [1.165, 1.54) is 18.7 Å². The zero-order valence-electron chi connectivity index (χ0n) is 10.9. The highest BCUT2D eigenvalue weighted by Crippen LogP contribution is 2.20. The summed E-state index contributed by atoms with van der Waals surface area (Å²) in [5.74, 6) is 0.945. The van der Waals surface area contributed by atoms with E-state index in [0.29, 0.717) is 0 Å². The molecule has 1 saturated heterocycles. The fourth-order valence-corrected chi connectivity index (χ4v) is 2.71. The number of hydrogen-bond acceptors (Lipinski definition) is 4. The third-order valence-electron chi connectivity index (χ3n) is 3.13. The molecule has 0 saturated carbocycles. The first-order valence-electron chi connectivity index (χ1n) is 6.55. The van der Waals surface area contributed by atoms with Crippen molar-refractivity contribution in [3.05, 3.63) is 22.3 Å². The minimum atomic E-state index is 0.945. The largest absolute Gasteiger partial charge is 0.369 e. The molecular weight excluding hydrogens is 292 g/mol. The molecule has 1 aliphatic heterocycles. The van der Waals surface area contributed by atoms with Crippen LogP contribution in [0, 0.1) is 6.92 Å². The van der Waals surface area contributed by atoms with Crippen LogP contribution in [0.15, 0.2) is 16.7 Å². The Morgan fingerprint density at radius 1 is 1.44 bits per heavy atom. The van der Waals surface area contributed by atoms with Crippen LogP contribution in [0.4, 0.5) is 5.82 Å². The van der Waals surface area contributed by atoms with Crippen LogP contribution in [-0.4, -0.2) is 49.2 Å². The molecule has 0 unspecified atom stereocenters. The van der Waals surface area contributed by atoms with Gasteiger partial charge in [-0.15, -0.1) is 0 Å². The van der Waals surface area contributed by atoms with E-state index in [2.05, 4.69) is 42.5 Å². The second-order valence-electron chi connectivity index (χ2n) is 4.72. The van der Waals surface area contributed by atoms with E-state index in [1.54, 1.807) is 0 Å². The summed E-state index contributed by atoms with van der Waals surface area (Å²) in [5, 5.41) is 6.75. The van der Waals surface area contributed by atoms with E-state index in [0.717, 1.165) is 42.9 Å². The lowest BCUT2D eigenvalue weighted by Crippen LogP contribution is -2.44. The number of nitrogens with zero attached hydrogens (tertiary/aromatic N) is 2. The van der Waals surface area contributed by atoms with Crippen LogP contribution in [0.5, 0.6) is 0 Å². The minimum absolute atomic E-state index is 0.945. The van der Waals surface area contributed by atoms with Crippen molar-refractivity contribution in [3.8, 4) is 0 Å². The molecule has 18 heavy (non-hydrogen) atoms. The van der Waals surface area contributed by atoms with Gasteiger partial charge in [0.2, 0.25) is 0 Å². The summed E-state index contributed by atoms with van der Waals surface area (Å²) in [4.78, 5) is 6.89. The molecule has 0 aromatic carbocycles. The SMILES string of the molecule is Cc1cnc(NCCCN2CCNCC2)c(Br)c1. The highest BCUT2D eigenvalue weighted by atomic mass is 79.9. The van der Waals surface area contributed by atoms with E-state index in [-0.39, 0.29) is 0 Å². The molecule has 0 aliphatic carbocycles. The average molecular weight is 313 g/mol. The van der Waals surface area contributed by atoms with Crippen LogP contribution in [-0.2, 0) is 0 Å². The maximum Gasteiger partial charge on any atom is 0.140 e. The molecule has 4 nitrogen and oxygen atoms in total. The normalized spacial score (nSPS) is 16.8. The minimum Gasteiger partial charge on any atom is -0.369 e. The van der Waals surface area contributed by atoms with Crippen molar-refractivity contribution < 1.29 is 0 Å². The van der Waals surface area contributed by atoms with E-state index >= 15 is 0 Å². The second-order valence-corrected chi connectivity index (χ2v) is 5.57. The van der Waals surface area contributed by atoms with Gasteiger partial charge in [-0.1, -0.05) is 0 Å². The van der Waals surface area contributed by atoms with Crippen molar-refractivity contribution in [1.82, 2.24) is 15.2 Å². The molecule has 1 aromatic rings. The molecule has 2 rings (SSSR count). The summed E-state index contributed by atoms with van der Waals surface area (Å²) < 4.78 is 1.05. The second kappa shape index (κ2) is 7.07. The predicted molar refractivity (Wildman–Crippen MR) is 79.1 cm³/mol.